The molecule has 1 N–H and O–H groups in total. The average Bonchev–Trinajstić information content (AvgIpc) is 2.67. The monoisotopic (exact) mass is 361 g/mol. The number of hydrogen-bond acceptors (Lipinski definition) is 1. The molecule has 1 aromatic rings. The number of nitrogens with one attached hydrogen (secondary N) is 1. The Bertz CT molecular complexity index is 653. The Morgan fingerprint density at radius 3 is 2.31 bits per heavy atom. The van der Waals surface area contributed by atoms with Crippen molar-refractivity contribution < 1.29 is 13.2 Å². The van der Waals surface area contributed by atoms with E-state index in [1.165, 1.54) is 13.0 Å². The first-order valence-corrected chi connectivity index (χ1v) is 8.54. The van der Waals surface area contributed by atoms with Gasteiger partial charge in [-0.15, -0.1) is 12.8 Å². The van der Waals surface area contributed by atoms with Gasteiger partial charge in [-0.05, 0) is 44.4 Å². The second-order valence-electron chi connectivity index (χ2n) is 6.39. The van der Waals surface area contributed by atoms with Gasteiger partial charge < -0.3 is 5.32 Å². The van der Waals surface area contributed by atoms with Crippen molar-refractivity contribution in [3.63, 3.8) is 0 Å². The molecule has 0 heterocycles. The summed E-state index contributed by atoms with van der Waals surface area (Å²) in [7, 11) is 1.70. The Morgan fingerprint density at radius 1 is 1.15 bits per heavy atom. The summed E-state index contributed by atoms with van der Waals surface area (Å²) in [6, 6.07) is 8.90. The molecule has 2 atom stereocenters. The van der Waals surface area contributed by atoms with Crippen LogP contribution in [0.4, 0.5) is 13.2 Å². The summed E-state index contributed by atoms with van der Waals surface area (Å²) < 4.78 is 41.3. The van der Waals surface area contributed by atoms with Crippen LogP contribution in [0.2, 0.25) is 0 Å². The van der Waals surface area contributed by atoms with Crippen molar-refractivity contribution in [2.45, 2.75) is 38.4 Å². The summed E-state index contributed by atoms with van der Waals surface area (Å²) in [6.45, 7) is 1.27. The molecular weight excluding hydrogens is 335 g/mol. The lowest BCUT2D eigenvalue weighted by Gasteiger charge is -2.33. The number of halogens is 3. The van der Waals surface area contributed by atoms with Crippen LogP contribution in [-0.4, -0.2) is 13.2 Å². The van der Waals surface area contributed by atoms with E-state index in [0.717, 1.165) is 24.0 Å². The van der Waals surface area contributed by atoms with Crippen molar-refractivity contribution in [1.29, 1.82) is 0 Å². The van der Waals surface area contributed by atoms with Crippen LogP contribution in [0.3, 0.4) is 0 Å². The van der Waals surface area contributed by atoms with Crippen LogP contribution < -0.4 is 5.32 Å². The van der Waals surface area contributed by atoms with Crippen LogP contribution in [-0.2, 0) is 0 Å². The highest BCUT2D eigenvalue weighted by atomic mass is 19.4. The molecule has 2 unspecified atom stereocenters. The fraction of sp³-hybridized carbons (Fsp3) is 0.364. The molecule has 0 aromatic heterocycles. The Labute approximate surface area is 154 Å². The maximum absolute atomic E-state index is 13.8. The van der Waals surface area contributed by atoms with Gasteiger partial charge >= 0.3 is 6.18 Å². The normalized spacial score (nSPS) is 17.7. The van der Waals surface area contributed by atoms with E-state index in [-0.39, 0.29) is 12.5 Å². The summed E-state index contributed by atoms with van der Waals surface area (Å²) in [5, 5.41) is 3.02. The number of alkyl halides is 3. The smallest absolute Gasteiger partial charge is 0.313 e. The van der Waals surface area contributed by atoms with Crippen molar-refractivity contribution in [2.75, 3.05) is 7.05 Å². The predicted octanol–water partition coefficient (Wildman–Crippen LogP) is 5.99. The Kier molecular flexibility index (Phi) is 8.41. The maximum Gasteiger partial charge on any atom is 0.397 e. The van der Waals surface area contributed by atoms with Gasteiger partial charge in [0.2, 0.25) is 0 Å². The van der Waals surface area contributed by atoms with Gasteiger partial charge in [-0.3, -0.25) is 0 Å². The second-order valence-corrected chi connectivity index (χ2v) is 6.39. The van der Waals surface area contributed by atoms with Gasteiger partial charge in [0.1, 0.15) is 0 Å². The van der Waals surface area contributed by atoms with Gasteiger partial charge in [0.25, 0.3) is 0 Å². The number of rotatable bonds is 6. The standard InChI is InChI=1S/C20H24F3N.C2H2/c1-19(20(21,22)23,14-13-16-9-5-3-6-10-16)15-18(24-2)17-11-7-4-8-12-17;1-2/h4-5,7-14,18,24H,3,6,15H2,1-2H3;1-2H/b14-13+;. The number of terminal acetylenes is 1. The summed E-state index contributed by atoms with van der Waals surface area (Å²) in [5.74, 6) is 0. The zero-order chi connectivity index (χ0) is 19.6. The van der Waals surface area contributed by atoms with Crippen LogP contribution in [0.25, 0.3) is 0 Å². The minimum absolute atomic E-state index is 0.0511. The van der Waals surface area contributed by atoms with Crippen molar-refractivity contribution in [2.24, 2.45) is 5.41 Å². The van der Waals surface area contributed by atoms with E-state index >= 15 is 0 Å². The quantitative estimate of drug-likeness (QED) is 0.614. The lowest BCUT2D eigenvalue weighted by atomic mass is 9.80. The molecular formula is C22H26F3N. The number of allylic oxidation sites excluding steroid dienone is 6. The van der Waals surface area contributed by atoms with Crippen molar-refractivity contribution in [3.8, 4) is 12.8 Å². The van der Waals surface area contributed by atoms with Crippen LogP contribution in [0.15, 0.2) is 66.3 Å². The predicted molar refractivity (Wildman–Crippen MR) is 103 cm³/mol. The highest BCUT2D eigenvalue weighted by Crippen LogP contribution is 2.45. The topological polar surface area (TPSA) is 12.0 Å². The first-order chi connectivity index (χ1) is 12.4. The molecule has 1 aliphatic rings. The van der Waals surface area contributed by atoms with E-state index in [4.69, 9.17) is 0 Å². The summed E-state index contributed by atoms with van der Waals surface area (Å²) >= 11 is 0. The van der Waals surface area contributed by atoms with Gasteiger partial charge in [-0.25, -0.2) is 0 Å². The lowest BCUT2D eigenvalue weighted by molar-refractivity contribution is -0.203. The van der Waals surface area contributed by atoms with E-state index < -0.39 is 11.6 Å². The minimum atomic E-state index is -4.31. The third kappa shape index (κ3) is 5.93. The molecule has 26 heavy (non-hydrogen) atoms. The molecule has 0 amide bonds. The van der Waals surface area contributed by atoms with Crippen LogP contribution in [0.5, 0.6) is 0 Å². The molecule has 4 heteroatoms. The van der Waals surface area contributed by atoms with E-state index in [9.17, 15) is 13.2 Å². The van der Waals surface area contributed by atoms with E-state index in [1.54, 1.807) is 13.1 Å². The van der Waals surface area contributed by atoms with Gasteiger partial charge in [0, 0.05) is 6.04 Å². The zero-order valence-electron chi connectivity index (χ0n) is 15.3. The highest BCUT2D eigenvalue weighted by Gasteiger charge is 2.50. The largest absolute Gasteiger partial charge is 0.397 e. The molecule has 1 nitrogen and oxygen atoms in total. The molecule has 2 rings (SSSR count). The molecule has 1 aliphatic carbocycles. The van der Waals surface area contributed by atoms with E-state index in [0.29, 0.717) is 0 Å². The maximum atomic E-state index is 13.8. The van der Waals surface area contributed by atoms with Gasteiger partial charge in [0.05, 0.1) is 5.41 Å². The Hall–Kier alpha value is -2.25. The van der Waals surface area contributed by atoms with Crippen molar-refractivity contribution >= 4 is 0 Å². The molecule has 0 saturated carbocycles. The molecule has 0 radical (unpaired) electrons. The third-order valence-electron chi connectivity index (χ3n) is 4.49. The van der Waals surface area contributed by atoms with Gasteiger partial charge in [-0.2, -0.15) is 13.2 Å². The first-order valence-electron chi connectivity index (χ1n) is 8.54. The lowest BCUT2D eigenvalue weighted by Crippen LogP contribution is -2.37. The fourth-order valence-corrected chi connectivity index (χ4v) is 2.81. The molecule has 0 fully saturated rings. The minimum Gasteiger partial charge on any atom is -0.313 e. The Morgan fingerprint density at radius 2 is 1.81 bits per heavy atom. The number of benzene rings is 1. The molecule has 140 valence electrons. The van der Waals surface area contributed by atoms with E-state index in [1.807, 2.05) is 48.6 Å². The van der Waals surface area contributed by atoms with E-state index in [2.05, 4.69) is 18.2 Å². The molecule has 0 bridgehead atoms. The van der Waals surface area contributed by atoms with Crippen LogP contribution in [0, 0.1) is 18.3 Å². The SMILES string of the molecule is C#C.CNC(CC(C)(/C=C/C1=CCCC=C1)C(F)(F)F)c1ccccc1. The first kappa shape index (κ1) is 21.8. The van der Waals surface area contributed by atoms with Crippen molar-refractivity contribution in [3.05, 3.63) is 71.8 Å². The van der Waals surface area contributed by atoms with Crippen LogP contribution >= 0.6 is 0 Å². The summed E-state index contributed by atoms with van der Waals surface area (Å²) in [4.78, 5) is 0. The van der Waals surface area contributed by atoms with Crippen molar-refractivity contribution in [1.82, 2.24) is 5.32 Å². The third-order valence-corrected chi connectivity index (χ3v) is 4.49. The second kappa shape index (κ2) is 10.0. The highest BCUT2D eigenvalue weighted by molar-refractivity contribution is 5.34. The zero-order valence-corrected chi connectivity index (χ0v) is 15.3. The van der Waals surface area contributed by atoms with Gasteiger partial charge in [-0.1, -0.05) is 60.7 Å². The molecule has 0 spiro atoms. The average molecular weight is 361 g/mol. The molecule has 0 saturated heterocycles. The molecule has 1 aromatic carbocycles. The summed E-state index contributed by atoms with van der Waals surface area (Å²) in [5.41, 5.74) is -0.194. The van der Waals surface area contributed by atoms with Crippen LogP contribution in [0.1, 0.15) is 37.8 Å². The summed E-state index contributed by atoms with van der Waals surface area (Å²) in [6.07, 6.45) is 14.2. The fourth-order valence-electron chi connectivity index (χ4n) is 2.81. The molecule has 0 aliphatic heterocycles. The number of hydrogen-bond donors (Lipinski definition) is 1. The van der Waals surface area contributed by atoms with Gasteiger partial charge in [0.15, 0.2) is 0 Å². The Balaban J connectivity index is 0.00000163.